The first-order chi connectivity index (χ1) is 4.57. The van der Waals surface area contributed by atoms with E-state index in [2.05, 4.69) is 10.5 Å². The van der Waals surface area contributed by atoms with Crippen LogP contribution in [0.4, 0.5) is 4.79 Å². The van der Waals surface area contributed by atoms with Crippen LogP contribution < -0.4 is 5.73 Å². The maximum atomic E-state index is 10.3. The molecule has 1 unspecified atom stereocenters. The molecule has 0 saturated carbocycles. The Balaban J connectivity index is 3.73. The van der Waals surface area contributed by atoms with E-state index in [4.69, 9.17) is 10.2 Å². The molecule has 10 heavy (non-hydrogen) atoms. The minimum Gasteiger partial charge on any atom is -0.393 e. The van der Waals surface area contributed by atoms with Gasteiger partial charge in [-0.15, -0.1) is 0 Å². The fourth-order valence-corrected chi connectivity index (χ4v) is 0.242. The summed E-state index contributed by atoms with van der Waals surface area (Å²) in [6.45, 7) is -0.799. The molecule has 1 atom stereocenters. The fourth-order valence-electron chi connectivity index (χ4n) is 0.242. The number of hydrogen-bond donors (Lipinski definition) is 3. The molecule has 0 aromatic carbocycles. The van der Waals surface area contributed by atoms with Gasteiger partial charge in [0.25, 0.3) is 0 Å². The first-order valence-corrected chi connectivity index (χ1v) is 2.38. The Morgan fingerprint density at radius 2 is 2.10 bits per heavy atom. The molecule has 6 nitrogen and oxygen atoms in total. The SMILES string of the molecule is NC(=O)OC(=O)C(O)CO. The van der Waals surface area contributed by atoms with E-state index in [1.807, 2.05) is 0 Å². The van der Waals surface area contributed by atoms with E-state index in [1.54, 1.807) is 0 Å². The van der Waals surface area contributed by atoms with Crippen LogP contribution in [0.1, 0.15) is 0 Å². The van der Waals surface area contributed by atoms with Gasteiger partial charge in [-0.1, -0.05) is 0 Å². The molecule has 0 aliphatic rings. The van der Waals surface area contributed by atoms with Gasteiger partial charge in [0.1, 0.15) is 0 Å². The number of nitrogens with two attached hydrogens (primary N) is 1. The average molecular weight is 149 g/mol. The number of aliphatic hydroxyl groups excluding tert-OH is 2. The quantitative estimate of drug-likeness (QED) is 0.309. The van der Waals surface area contributed by atoms with Gasteiger partial charge in [-0.25, -0.2) is 9.59 Å². The molecule has 0 radical (unpaired) electrons. The maximum Gasteiger partial charge on any atom is 0.412 e. The molecule has 0 aromatic rings. The number of aliphatic hydroxyl groups is 2. The van der Waals surface area contributed by atoms with Gasteiger partial charge in [-0.3, -0.25) is 0 Å². The largest absolute Gasteiger partial charge is 0.412 e. The summed E-state index contributed by atoms with van der Waals surface area (Å²) in [5.74, 6) is -1.25. The zero-order chi connectivity index (χ0) is 8.15. The summed E-state index contributed by atoms with van der Waals surface area (Å²) in [4.78, 5) is 20.1. The van der Waals surface area contributed by atoms with Crippen molar-refractivity contribution in [2.75, 3.05) is 6.61 Å². The highest BCUT2D eigenvalue weighted by atomic mass is 16.6. The molecule has 0 saturated heterocycles. The second-order valence-electron chi connectivity index (χ2n) is 1.44. The van der Waals surface area contributed by atoms with Crippen molar-refractivity contribution < 1.29 is 24.5 Å². The van der Waals surface area contributed by atoms with Crippen LogP contribution in [0.15, 0.2) is 0 Å². The molecule has 0 fully saturated rings. The van der Waals surface area contributed by atoms with Crippen LogP contribution in [0.25, 0.3) is 0 Å². The van der Waals surface area contributed by atoms with E-state index in [0.29, 0.717) is 0 Å². The first kappa shape index (κ1) is 8.86. The molecule has 4 N–H and O–H groups in total. The predicted octanol–water partition coefficient (Wildman–Crippen LogP) is -2.04. The van der Waals surface area contributed by atoms with E-state index in [1.165, 1.54) is 0 Å². The second-order valence-corrected chi connectivity index (χ2v) is 1.44. The lowest BCUT2D eigenvalue weighted by atomic mass is 10.4. The van der Waals surface area contributed by atoms with Crippen molar-refractivity contribution in [3.63, 3.8) is 0 Å². The Morgan fingerprint density at radius 1 is 1.60 bits per heavy atom. The molecule has 0 aromatic heterocycles. The summed E-state index contributed by atoms with van der Waals surface area (Å²) in [5.41, 5.74) is 4.41. The predicted molar refractivity (Wildman–Crippen MR) is 28.8 cm³/mol. The van der Waals surface area contributed by atoms with Crippen LogP contribution in [-0.4, -0.2) is 35.0 Å². The van der Waals surface area contributed by atoms with E-state index >= 15 is 0 Å². The molecular formula is C4H7NO5. The van der Waals surface area contributed by atoms with Gasteiger partial charge in [-0.2, -0.15) is 0 Å². The van der Waals surface area contributed by atoms with Crippen LogP contribution in [0.3, 0.4) is 0 Å². The standard InChI is InChI=1S/C4H7NO5/c5-4(9)10-3(8)2(7)1-6/h2,6-7H,1H2,(H2,5,9). The number of esters is 1. The van der Waals surface area contributed by atoms with Gasteiger partial charge >= 0.3 is 12.1 Å². The third kappa shape index (κ3) is 3.00. The maximum absolute atomic E-state index is 10.3. The number of hydrogen-bond acceptors (Lipinski definition) is 5. The highest BCUT2D eigenvalue weighted by Gasteiger charge is 2.16. The summed E-state index contributed by atoms with van der Waals surface area (Å²) in [5, 5.41) is 16.6. The second kappa shape index (κ2) is 3.80. The van der Waals surface area contributed by atoms with Crippen LogP contribution in [0.2, 0.25) is 0 Å². The lowest BCUT2D eigenvalue weighted by Crippen LogP contribution is -2.30. The van der Waals surface area contributed by atoms with Crippen molar-refractivity contribution in [3.8, 4) is 0 Å². The van der Waals surface area contributed by atoms with Gasteiger partial charge in [0, 0.05) is 0 Å². The Bertz CT molecular complexity index is 145. The summed E-state index contributed by atoms with van der Waals surface area (Å²) >= 11 is 0. The lowest BCUT2D eigenvalue weighted by Gasteiger charge is -2.02. The van der Waals surface area contributed by atoms with Gasteiger partial charge in [0.2, 0.25) is 0 Å². The topological polar surface area (TPSA) is 110 Å². The molecule has 0 rings (SSSR count). The zero-order valence-electron chi connectivity index (χ0n) is 4.98. The normalized spacial score (nSPS) is 12.2. The van der Waals surface area contributed by atoms with Crippen molar-refractivity contribution in [2.24, 2.45) is 5.73 Å². The van der Waals surface area contributed by atoms with Crippen LogP contribution >= 0.6 is 0 Å². The fraction of sp³-hybridized carbons (Fsp3) is 0.500. The van der Waals surface area contributed by atoms with Crippen molar-refractivity contribution in [2.45, 2.75) is 6.10 Å². The number of primary amides is 1. The van der Waals surface area contributed by atoms with E-state index in [9.17, 15) is 9.59 Å². The van der Waals surface area contributed by atoms with Crippen molar-refractivity contribution in [3.05, 3.63) is 0 Å². The number of rotatable bonds is 2. The van der Waals surface area contributed by atoms with Crippen LogP contribution in [0.5, 0.6) is 0 Å². The van der Waals surface area contributed by atoms with Crippen LogP contribution in [-0.2, 0) is 9.53 Å². The molecular weight excluding hydrogens is 142 g/mol. The monoisotopic (exact) mass is 149 g/mol. The van der Waals surface area contributed by atoms with Gasteiger partial charge in [0.05, 0.1) is 6.61 Å². The number of ether oxygens (including phenoxy) is 1. The van der Waals surface area contributed by atoms with Gasteiger partial charge in [-0.05, 0) is 0 Å². The summed E-state index contributed by atoms with van der Waals surface area (Å²) in [7, 11) is 0. The van der Waals surface area contributed by atoms with Crippen LogP contribution in [0, 0.1) is 0 Å². The number of carbonyl (C=O) groups is 2. The third-order valence-corrected chi connectivity index (χ3v) is 0.646. The van der Waals surface area contributed by atoms with Crippen molar-refractivity contribution in [1.82, 2.24) is 0 Å². The smallest absolute Gasteiger partial charge is 0.393 e. The van der Waals surface area contributed by atoms with Gasteiger partial charge in [0.15, 0.2) is 6.10 Å². The number of amides is 1. The molecule has 6 heteroatoms. The number of carbonyl (C=O) groups excluding carboxylic acids is 2. The zero-order valence-corrected chi connectivity index (χ0v) is 4.98. The van der Waals surface area contributed by atoms with E-state index in [0.717, 1.165) is 0 Å². The molecule has 0 heterocycles. The molecule has 58 valence electrons. The average Bonchev–Trinajstić information content (AvgIpc) is 1.85. The third-order valence-electron chi connectivity index (χ3n) is 0.646. The highest BCUT2D eigenvalue weighted by Crippen LogP contribution is 1.85. The minimum atomic E-state index is -1.70. The Labute approximate surface area is 56.2 Å². The lowest BCUT2D eigenvalue weighted by molar-refractivity contribution is -0.148. The summed E-state index contributed by atoms with van der Waals surface area (Å²) in [6, 6.07) is 0. The molecule has 0 aliphatic heterocycles. The molecule has 0 spiro atoms. The van der Waals surface area contributed by atoms with E-state index < -0.39 is 24.8 Å². The summed E-state index contributed by atoms with van der Waals surface area (Å²) in [6.07, 6.45) is -3.01. The van der Waals surface area contributed by atoms with Crippen molar-refractivity contribution >= 4 is 12.1 Å². The van der Waals surface area contributed by atoms with Gasteiger partial charge < -0.3 is 20.7 Å². The minimum absolute atomic E-state index is 0.799. The molecule has 0 bridgehead atoms. The summed E-state index contributed by atoms with van der Waals surface area (Å²) < 4.78 is 3.69. The highest BCUT2D eigenvalue weighted by molar-refractivity contribution is 5.86. The Kier molecular flexibility index (Phi) is 3.37. The Hall–Kier alpha value is -1.14. The Morgan fingerprint density at radius 3 is 2.40 bits per heavy atom. The van der Waals surface area contributed by atoms with Crippen molar-refractivity contribution in [1.29, 1.82) is 0 Å². The van der Waals surface area contributed by atoms with E-state index in [-0.39, 0.29) is 0 Å². The molecule has 1 amide bonds. The molecule has 0 aliphatic carbocycles. The first-order valence-electron chi connectivity index (χ1n) is 2.38.